The van der Waals surface area contributed by atoms with Crippen molar-refractivity contribution in [3.05, 3.63) is 53.9 Å². The number of likely N-dealkylation sites (tertiary alicyclic amines) is 1. The van der Waals surface area contributed by atoms with Gasteiger partial charge in [0.05, 0.1) is 12.4 Å². The molecule has 1 aliphatic heterocycles. The van der Waals surface area contributed by atoms with Crippen LogP contribution in [0.3, 0.4) is 0 Å². The van der Waals surface area contributed by atoms with E-state index in [9.17, 15) is 0 Å². The second-order valence-corrected chi connectivity index (χ2v) is 7.97. The van der Waals surface area contributed by atoms with E-state index in [4.69, 9.17) is 16.1 Å². The molecule has 3 heterocycles. The van der Waals surface area contributed by atoms with Gasteiger partial charge in [-0.05, 0) is 36.6 Å². The van der Waals surface area contributed by atoms with Crippen LogP contribution in [-0.2, 0) is 6.42 Å². The van der Waals surface area contributed by atoms with Gasteiger partial charge in [-0.15, -0.1) is 24.0 Å². The average Bonchev–Trinajstić information content (AvgIpc) is 3.45. The van der Waals surface area contributed by atoms with Gasteiger partial charge >= 0.3 is 0 Å². The third-order valence-corrected chi connectivity index (χ3v) is 5.78. The summed E-state index contributed by atoms with van der Waals surface area (Å²) in [5.41, 5.74) is 0.881. The molecule has 2 aromatic heterocycles. The number of hydrogen-bond donors (Lipinski definition) is 1. The van der Waals surface area contributed by atoms with Crippen LogP contribution in [0.25, 0.3) is 11.4 Å². The number of aliphatic imine (C=N–C) groups is 1. The first-order valence-electron chi connectivity index (χ1n) is 10.2. The predicted molar refractivity (Wildman–Crippen MR) is 132 cm³/mol. The first-order valence-corrected chi connectivity index (χ1v) is 10.5. The highest BCUT2D eigenvalue weighted by Gasteiger charge is 2.28. The molecule has 0 aliphatic carbocycles. The molecule has 0 spiro atoms. The van der Waals surface area contributed by atoms with E-state index in [0.717, 1.165) is 31.0 Å². The summed E-state index contributed by atoms with van der Waals surface area (Å²) >= 11 is 5.93. The van der Waals surface area contributed by atoms with E-state index in [1.807, 2.05) is 50.0 Å². The predicted octanol–water partition coefficient (Wildman–Crippen LogP) is 3.91. The molecule has 0 saturated carbocycles. The van der Waals surface area contributed by atoms with Crippen LogP contribution in [0.5, 0.6) is 0 Å². The number of aromatic nitrogens is 4. The molecule has 0 radical (unpaired) electrons. The summed E-state index contributed by atoms with van der Waals surface area (Å²) in [4.78, 5) is 15.5. The topological polar surface area (TPSA) is 84.4 Å². The molecule has 2 unspecified atom stereocenters. The summed E-state index contributed by atoms with van der Waals surface area (Å²) in [7, 11) is 1.82. The number of piperidine rings is 1. The van der Waals surface area contributed by atoms with Gasteiger partial charge in [-0.3, -0.25) is 4.99 Å². The maximum Gasteiger partial charge on any atom is 0.228 e. The zero-order chi connectivity index (χ0) is 20.9. The van der Waals surface area contributed by atoms with Gasteiger partial charge < -0.3 is 19.3 Å². The summed E-state index contributed by atoms with van der Waals surface area (Å²) in [6.07, 6.45) is 7.50. The second-order valence-electron chi connectivity index (χ2n) is 7.53. The highest BCUT2D eigenvalue weighted by atomic mass is 127. The zero-order valence-electron chi connectivity index (χ0n) is 17.6. The van der Waals surface area contributed by atoms with Crippen LogP contribution < -0.4 is 5.32 Å². The molecule has 8 nitrogen and oxygen atoms in total. The van der Waals surface area contributed by atoms with Crippen LogP contribution in [0.2, 0.25) is 5.02 Å². The largest absolute Gasteiger partial charge is 0.356 e. The lowest BCUT2D eigenvalue weighted by Crippen LogP contribution is -2.49. The van der Waals surface area contributed by atoms with Gasteiger partial charge in [-0.2, -0.15) is 4.98 Å². The molecule has 10 heteroatoms. The number of guanidine groups is 1. The van der Waals surface area contributed by atoms with E-state index in [-0.39, 0.29) is 24.0 Å². The van der Waals surface area contributed by atoms with Crippen LogP contribution in [0.4, 0.5) is 0 Å². The molecule has 4 rings (SSSR count). The second kappa shape index (κ2) is 10.9. The molecular weight excluding hydrogens is 529 g/mol. The first-order chi connectivity index (χ1) is 14.6. The van der Waals surface area contributed by atoms with Gasteiger partial charge in [0, 0.05) is 56.1 Å². The lowest BCUT2D eigenvalue weighted by atomic mass is 9.93. The zero-order valence-corrected chi connectivity index (χ0v) is 20.7. The fourth-order valence-corrected chi connectivity index (χ4v) is 3.91. The fourth-order valence-electron chi connectivity index (χ4n) is 3.78. The average molecular weight is 556 g/mol. The van der Waals surface area contributed by atoms with Crippen molar-refractivity contribution in [2.45, 2.75) is 25.8 Å². The molecule has 1 aromatic carbocycles. The lowest BCUT2D eigenvalue weighted by Gasteiger charge is -2.39. The smallest absolute Gasteiger partial charge is 0.228 e. The minimum Gasteiger partial charge on any atom is -0.356 e. The molecule has 2 atom stereocenters. The Morgan fingerprint density at radius 3 is 2.84 bits per heavy atom. The van der Waals surface area contributed by atoms with E-state index >= 15 is 0 Å². The minimum atomic E-state index is 0. The van der Waals surface area contributed by atoms with Crippen molar-refractivity contribution in [2.75, 3.05) is 26.7 Å². The Hall–Kier alpha value is -2.14. The molecule has 0 bridgehead atoms. The summed E-state index contributed by atoms with van der Waals surface area (Å²) < 4.78 is 7.59. The van der Waals surface area contributed by atoms with E-state index in [1.54, 1.807) is 0 Å². The van der Waals surface area contributed by atoms with Crippen molar-refractivity contribution in [3.8, 4) is 11.4 Å². The summed E-state index contributed by atoms with van der Waals surface area (Å²) in [5, 5.41) is 8.18. The Balaban J connectivity index is 0.00000272. The third kappa shape index (κ3) is 5.76. The Morgan fingerprint density at radius 1 is 1.32 bits per heavy atom. The molecular formula is C21H27ClIN7O. The van der Waals surface area contributed by atoms with Gasteiger partial charge in [0.25, 0.3) is 0 Å². The number of nitrogens with one attached hydrogen (secondary N) is 1. The maximum atomic E-state index is 5.93. The molecule has 166 valence electrons. The third-order valence-electron chi connectivity index (χ3n) is 5.53. The van der Waals surface area contributed by atoms with Crippen LogP contribution in [0.1, 0.15) is 25.3 Å². The standard InChI is InChI=1S/C21H26ClN7O.HI/c1-15-8-11-28(13-18(15)29-12-10-24-14-29)21(23-2)25-9-7-19-26-20(27-30-19)16-3-5-17(22)6-4-16;/h3-6,10,12,14-15,18H,7-9,11,13H2,1-2H3,(H,23,25);1H. The van der Waals surface area contributed by atoms with Crippen molar-refractivity contribution in [2.24, 2.45) is 10.9 Å². The summed E-state index contributed by atoms with van der Waals surface area (Å²) in [6, 6.07) is 7.78. The number of halogens is 2. The molecule has 1 N–H and O–H groups in total. The van der Waals surface area contributed by atoms with Crippen molar-refractivity contribution < 1.29 is 4.52 Å². The Labute approximate surface area is 204 Å². The van der Waals surface area contributed by atoms with E-state index in [2.05, 4.69) is 41.8 Å². The van der Waals surface area contributed by atoms with Gasteiger partial charge in [0.15, 0.2) is 5.96 Å². The van der Waals surface area contributed by atoms with E-state index in [0.29, 0.717) is 41.7 Å². The lowest BCUT2D eigenvalue weighted by molar-refractivity contribution is 0.189. The highest BCUT2D eigenvalue weighted by molar-refractivity contribution is 14.0. The number of hydrogen-bond acceptors (Lipinski definition) is 5. The van der Waals surface area contributed by atoms with Crippen molar-refractivity contribution in [1.82, 2.24) is 29.9 Å². The number of benzene rings is 1. The van der Waals surface area contributed by atoms with Crippen LogP contribution in [0.15, 0.2) is 52.5 Å². The normalized spacial score (nSPS) is 19.2. The fraction of sp³-hybridized carbons (Fsp3) is 0.429. The first kappa shape index (κ1) is 23.5. The monoisotopic (exact) mass is 555 g/mol. The molecule has 31 heavy (non-hydrogen) atoms. The molecule has 3 aromatic rings. The van der Waals surface area contributed by atoms with Crippen LogP contribution in [-0.4, -0.2) is 57.2 Å². The minimum absolute atomic E-state index is 0. The molecule has 1 saturated heterocycles. The molecule has 1 fully saturated rings. The SMILES string of the molecule is CN=C(NCCc1nc(-c2ccc(Cl)cc2)no1)N1CCC(C)C(n2ccnc2)C1.I. The molecule has 0 amide bonds. The summed E-state index contributed by atoms with van der Waals surface area (Å²) in [6.45, 7) is 4.84. The van der Waals surface area contributed by atoms with Crippen LogP contribution >= 0.6 is 35.6 Å². The van der Waals surface area contributed by atoms with Crippen LogP contribution in [0, 0.1) is 5.92 Å². The van der Waals surface area contributed by atoms with Crippen molar-refractivity contribution in [1.29, 1.82) is 0 Å². The number of nitrogens with zero attached hydrogens (tertiary/aromatic N) is 6. The van der Waals surface area contributed by atoms with Gasteiger partial charge in [-0.25, -0.2) is 4.98 Å². The summed E-state index contributed by atoms with van der Waals surface area (Å²) in [5.74, 6) is 2.65. The maximum absolute atomic E-state index is 5.93. The highest BCUT2D eigenvalue weighted by Crippen LogP contribution is 2.27. The van der Waals surface area contributed by atoms with Gasteiger partial charge in [0.2, 0.25) is 11.7 Å². The van der Waals surface area contributed by atoms with Gasteiger partial charge in [0.1, 0.15) is 0 Å². The van der Waals surface area contributed by atoms with Crippen molar-refractivity contribution >= 4 is 41.5 Å². The number of rotatable bonds is 5. The van der Waals surface area contributed by atoms with E-state index < -0.39 is 0 Å². The Bertz CT molecular complexity index is 974. The van der Waals surface area contributed by atoms with Gasteiger partial charge in [-0.1, -0.05) is 23.7 Å². The van der Waals surface area contributed by atoms with Crippen molar-refractivity contribution in [3.63, 3.8) is 0 Å². The quantitative estimate of drug-likeness (QED) is 0.292. The number of imidazole rings is 1. The Morgan fingerprint density at radius 2 is 2.13 bits per heavy atom. The molecule has 1 aliphatic rings. The van der Waals surface area contributed by atoms with E-state index in [1.165, 1.54) is 0 Å². The Kier molecular flexibility index (Phi) is 8.30.